The topological polar surface area (TPSA) is 553 Å². The SMILES string of the molecule is C=P(C)(C)CC[C@H]1O[C@@H](n2cc(C(O)C(C)=O)c(=O)[nH]c2=O)[C@H](O)[C@@H]1O.C=P(C)(C)CC[C@H]1O[C@@H](n2cc(C(O)C(C)=O)c(=O)[nH]c2=O)[C@H](O)[C@@H]1O.C=P(C)(C)CC[C@H]1O[C@@H](n2cc(C(OC(=O)C(F)(F)F)C(C)=O)c(=O)[nH]c2=O)[C@H](O)[C@@H]1O.C=P(C)(C)CC[C@H]1O[C@@H](n2cc(CC(C)=O)c(=O)[nH]c2=O)[C@H](O)[C@@H]1O. The van der Waals surface area contributed by atoms with Crippen LogP contribution in [-0.4, -0.2) is 301 Å². The van der Waals surface area contributed by atoms with Crippen LogP contribution in [0.3, 0.4) is 0 Å². The van der Waals surface area contributed by atoms with Crippen LogP contribution in [0.2, 0.25) is 0 Å². The zero-order valence-corrected chi connectivity index (χ0v) is 65.6. The van der Waals surface area contributed by atoms with Crippen molar-refractivity contribution in [1.82, 2.24) is 38.2 Å². The van der Waals surface area contributed by atoms with E-state index in [1.807, 2.05) is 50.0 Å². The van der Waals surface area contributed by atoms with Crippen LogP contribution in [0.15, 0.2) is 63.1 Å². The molecule has 0 spiro atoms. The summed E-state index contributed by atoms with van der Waals surface area (Å²) in [5.74, 6) is -5.41. The molecule has 8 heterocycles. The maximum absolute atomic E-state index is 12.6. The first-order valence-corrected chi connectivity index (χ1v) is 45.9. The van der Waals surface area contributed by atoms with E-state index >= 15 is 0 Å². The van der Waals surface area contributed by atoms with E-state index in [0.29, 0.717) is 42.6 Å². The summed E-state index contributed by atoms with van der Waals surface area (Å²) in [7, 11) is 0. The number of aliphatic hydroxyl groups excluding tert-OH is 10. The molecule has 3 unspecified atom stereocenters. The van der Waals surface area contributed by atoms with Crippen LogP contribution in [0.5, 0.6) is 0 Å². The second kappa shape index (κ2) is 37.3. The molecule has 0 aliphatic carbocycles. The van der Waals surface area contributed by atoms with Gasteiger partial charge in [0.15, 0.2) is 48.4 Å². The second-order valence-corrected chi connectivity index (χ2v) is 47.1. The molecule has 4 saturated heterocycles. The number of Topliss-reactive ketones (excluding diaryl/α,β-unsaturated/α-hetero) is 4. The number of aromatic amines is 4. The summed E-state index contributed by atoms with van der Waals surface area (Å²) in [4.78, 5) is 161. The number of halogens is 3. The molecule has 14 N–H and O–H groups in total. The molecule has 0 aromatic carbocycles. The third-order valence-corrected chi connectivity index (χ3v) is 23.3. The summed E-state index contributed by atoms with van der Waals surface area (Å²) < 4.78 is 67.8. The molecule has 4 aliphatic heterocycles. The number of aliphatic hydroxyl groups is 10. The molecule has 4 aromatic heterocycles. The number of aromatic nitrogens is 8. The van der Waals surface area contributed by atoms with Gasteiger partial charge in [-0.3, -0.25) is 76.6 Å². The van der Waals surface area contributed by atoms with Crippen molar-refractivity contribution in [2.45, 2.75) is 182 Å². The summed E-state index contributed by atoms with van der Waals surface area (Å²) in [5, 5.41) is 102. The average Bonchev–Trinajstić information content (AvgIpc) is 1.15. The number of H-pyrrole nitrogens is 4. The zero-order chi connectivity index (χ0) is 83.2. The monoisotopic (exact) mass is 1630 g/mol. The number of carbonyl (C=O) groups is 5. The Hall–Kier alpha value is -6.70. The van der Waals surface area contributed by atoms with E-state index in [0.717, 1.165) is 65.4 Å². The van der Waals surface area contributed by atoms with E-state index in [1.54, 1.807) is 4.98 Å². The van der Waals surface area contributed by atoms with Crippen molar-refractivity contribution < 1.29 is 112 Å². The molecule has 0 saturated carbocycles. The fourth-order valence-electron chi connectivity index (χ4n) is 11.4. The highest BCUT2D eigenvalue weighted by atomic mass is 31.2. The summed E-state index contributed by atoms with van der Waals surface area (Å²) in [5.41, 5.74) is -8.72. The van der Waals surface area contributed by atoms with Crippen LogP contribution in [0.1, 0.15) is 119 Å². The molecule has 43 heteroatoms. The van der Waals surface area contributed by atoms with Crippen molar-refractivity contribution in [2.24, 2.45) is 0 Å². The lowest BCUT2D eigenvalue weighted by Crippen LogP contribution is -2.40. The molecule has 4 aliphatic rings. The number of ether oxygens (including phenoxy) is 5. The largest absolute Gasteiger partial charge is 0.490 e. The summed E-state index contributed by atoms with van der Waals surface area (Å²) in [6, 6.07) is 0. The third-order valence-electron chi connectivity index (χ3n) is 17.5. The summed E-state index contributed by atoms with van der Waals surface area (Å²) in [6.45, 7) is 14.9. The molecule has 4 fully saturated rings. The van der Waals surface area contributed by atoms with Crippen LogP contribution in [0.4, 0.5) is 13.2 Å². The molecule has 109 heavy (non-hydrogen) atoms. The Morgan fingerprint density at radius 1 is 0.431 bits per heavy atom. The molecule has 0 bridgehead atoms. The Bertz CT molecular complexity index is 4550. The summed E-state index contributed by atoms with van der Waals surface area (Å²) in [6.07, 6.45) is -5.34. The minimum Gasteiger partial charge on any atom is -0.442 e. The van der Waals surface area contributed by atoms with Crippen molar-refractivity contribution in [3.05, 3.63) is 130 Å². The predicted octanol–water partition coefficient (Wildman–Crippen LogP) is -2.87. The van der Waals surface area contributed by atoms with Gasteiger partial charge in [-0.2, -0.15) is 13.2 Å². The fraction of sp³-hybridized carbons (Fsp3) is 0.621. The average molecular weight is 1630 g/mol. The highest BCUT2D eigenvalue weighted by Crippen LogP contribution is 2.43. The molecule has 612 valence electrons. The normalized spacial score (nSPS) is 26.5. The molecule has 0 amide bonds. The maximum Gasteiger partial charge on any atom is 0.490 e. The molecule has 4 aromatic rings. The number of alkyl halides is 3. The van der Waals surface area contributed by atoms with Gasteiger partial charge in [-0.25, -0.2) is 24.0 Å². The standard InChI is InChI=1S/C18H24F3N2O8P.2C16H25N2O7P.C16H25N2O6P/c1-8(24)13(31-16(28)18(19,20)21)9-7-23(17(29)22-14(9)27)15-12(26)11(25)10(30-15)5-6-32(2,3)4;2*1-8(19)11(20)9-7-18(16(24)17-14(9)23)15-13(22)12(21)10(25-15)5-6-26(2,3)4;1-9(19)7-10-8-18(16(23)17-14(10)22)15-13(21)12(20)11(24-15)5-6-25(2,3)4/h7,10-13,15,25-26H,2,5-6H2,1,3-4H3,(H,22,27,29);2*7,10-13,15,20-22H,2,5-6H2,1,3-4H3,(H,17,23,24);8,11-13,15,20-21H,2,5-7H2,1,3-4H3,(H,17,22,23)/t10-,11-,12-,13?,15-;2*10-,11?,12-,13-,15-;11-,12-,13-,15-/m1111/s1. The highest BCUT2D eigenvalue weighted by molar-refractivity contribution is 7.73. The van der Waals surface area contributed by atoms with Crippen molar-refractivity contribution >= 4 is 81.8 Å². The van der Waals surface area contributed by atoms with Gasteiger partial charge in [-0.05, 0) is 131 Å². The van der Waals surface area contributed by atoms with Gasteiger partial charge >= 0.3 is 34.9 Å². The molecule has 36 nitrogen and oxygen atoms in total. The van der Waals surface area contributed by atoms with Gasteiger partial charge in [0.05, 0.1) is 41.1 Å². The van der Waals surface area contributed by atoms with Gasteiger partial charge in [0.25, 0.3) is 22.2 Å². The van der Waals surface area contributed by atoms with Crippen LogP contribution in [0, 0.1) is 0 Å². The Balaban J connectivity index is 0.000000262. The van der Waals surface area contributed by atoms with Crippen molar-refractivity contribution in [3.63, 3.8) is 0 Å². The number of ketones is 4. The van der Waals surface area contributed by atoms with Gasteiger partial charge in [-0.1, -0.05) is 0 Å². The minimum atomic E-state index is -5.43. The van der Waals surface area contributed by atoms with E-state index in [1.165, 1.54) is 13.1 Å². The Morgan fingerprint density at radius 3 is 0.917 bits per heavy atom. The van der Waals surface area contributed by atoms with Crippen LogP contribution in [0.25, 0.3) is 0 Å². The third kappa shape index (κ3) is 25.1. The molecule has 19 atom stereocenters. The van der Waals surface area contributed by atoms with Crippen molar-refractivity contribution in [3.8, 4) is 0 Å². The van der Waals surface area contributed by atoms with Gasteiger partial charge in [-0.15, -0.1) is 52.7 Å². The van der Waals surface area contributed by atoms with Gasteiger partial charge in [0, 0.05) is 36.8 Å². The van der Waals surface area contributed by atoms with E-state index in [4.69, 9.17) is 18.9 Å². The number of esters is 1. The number of carbonyl (C=O) groups excluding carboxylic acids is 5. The summed E-state index contributed by atoms with van der Waals surface area (Å²) >= 11 is 0. The van der Waals surface area contributed by atoms with Gasteiger partial charge in [0.2, 0.25) is 0 Å². The van der Waals surface area contributed by atoms with Crippen LogP contribution in [-0.2, 0) is 54.1 Å². The number of rotatable bonds is 25. The van der Waals surface area contributed by atoms with Crippen molar-refractivity contribution in [2.75, 3.05) is 78.0 Å². The number of hydrogen-bond acceptors (Lipinski definition) is 28. The predicted molar refractivity (Wildman–Crippen MR) is 402 cm³/mol. The lowest BCUT2D eigenvalue weighted by atomic mass is 10.1. The first-order chi connectivity index (χ1) is 49.9. The highest BCUT2D eigenvalue weighted by Gasteiger charge is 2.49. The smallest absolute Gasteiger partial charge is 0.442 e. The zero-order valence-electron chi connectivity index (χ0n) is 62.0. The first-order valence-electron chi connectivity index (χ1n) is 33.7. The number of nitrogens with zero attached hydrogens (tertiary/aromatic N) is 4. The van der Waals surface area contributed by atoms with Gasteiger partial charge in [0.1, 0.15) is 66.8 Å². The Kier molecular flexibility index (Phi) is 31.8. The van der Waals surface area contributed by atoms with Crippen LogP contribution < -0.4 is 45.0 Å². The number of nitrogens with one attached hydrogen (secondary N) is 4. The van der Waals surface area contributed by atoms with E-state index in [9.17, 15) is 127 Å². The quantitative estimate of drug-likeness (QED) is 0.0234. The van der Waals surface area contributed by atoms with Crippen molar-refractivity contribution in [1.29, 1.82) is 0 Å². The van der Waals surface area contributed by atoms with E-state index in [2.05, 4.69) is 48.2 Å². The lowest BCUT2D eigenvalue weighted by Gasteiger charge is -2.21. The van der Waals surface area contributed by atoms with E-state index in [-0.39, 0.29) is 28.9 Å². The maximum atomic E-state index is 12.6. The minimum absolute atomic E-state index is 0.102. The molecule has 0 radical (unpaired) electrons. The molecule has 8 rings (SSSR count). The van der Waals surface area contributed by atoms with Crippen LogP contribution >= 0.6 is 27.5 Å². The van der Waals surface area contributed by atoms with Gasteiger partial charge < -0.3 is 74.7 Å². The second-order valence-electron chi connectivity index (χ2n) is 29.8. The number of hydrogen-bond donors (Lipinski definition) is 14. The molecular formula is C66H99F3N8O28P4. The Morgan fingerprint density at radius 2 is 0.679 bits per heavy atom. The fourth-order valence-corrected chi connectivity index (χ4v) is 15.2. The first kappa shape index (κ1) is 92.9. The van der Waals surface area contributed by atoms with E-state index < -0.39 is 224 Å². The lowest BCUT2D eigenvalue weighted by molar-refractivity contribution is -0.205. The Labute approximate surface area is 620 Å². The molecular weight excluding hydrogens is 1530 g/mol.